The van der Waals surface area contributed by atoms with Crippen LogP contribution in [0.3, 0.4) is 0 Å². The van der Waals surface area contributed by atoms with Crippen molar-refractivity contribution in [2.24, 2.45) is 5.92 Å². The maximum Gasteiger partial charge on any atom is 0.508 e. The largest absolute Gasteiger partial charge is 0.508 e. The van der Waals surface area contributed by atoms with Crippen molar-refractivity contribution in [3.05, 3.63) is 41.0 Å². The number of allylic oxidation sites excluding steroid dienone is 1. The number of fused-ring (bicyclic) bond motifs is 1. The van der Waals surface area contributed by atoms with Gasteiger partial charge in [0.05, 0.1) is 6.42 Å². The van der Waals surface area contributed by atoms with Crippen LogP contribution < -0.4 is 4.74 Å². The van der Waals surface area contributed by atoms with Crippen LogP contribution in [0.5, 0.6) is 5.75 Å². The van der Waals surface area contributed by atoms with Gasteiger partial charge in [-0.25, -0.2) is 4.79 Å². The minimum Gasteiger partial charge on any atom is -0.454 e. The summed E-state index contributed by atoms with van der Waals surface area (Å²) < 4.78 is 10.0. The Morgan fingerprint density at radius 2 is 2.10 bits per heavy atom. The average molecular weight is 290 g/mol. The van der Waals surface area contributed by atoms with Crippen LogP contribution in [0.15, 0.2) is 24.3 Å². The molecule has 0 saturated heterocycles. The molecule has 2 rings (SSSR count). The summed E-state index contributed by atoms with van der Waals surface area (Å²) in [7, 11) is 0. The maximum absolute atomic E-state index is 12.4. The Morgan fingerprint density at radius 3 is 2.67 bits per heavy atom. The molecule has 1 unspecified atom stereocenters. The van der Waals surface area contributed by atoms with Gasteiger partial charge in [-0.2, -0.15) is 0 Å². The monoisotopic (exact) mass is 290 g/mol. The lowest BCUT2D eigenvalue weighted by Gasteiger charge is -2.12. The Labute approximate surface area is 123 Å². The van der Waals surface area contributed by atoms with E-state index in [0.29, 0.717) is 23.3 Å². The number of carbonyl (C=O) groups is 2. The maximum atomic E-state index is 12.4. The van der Waals surface area contributed by atoms with Gasteiger partial charge in [0.15, 0.2) is 5.78 Å². The first kappa shape index (κ1) is 15.1. The van der Waals surface area contributed by atoms with Crippen LogP contribution in [0.4, 0.5) is 4.79 Å². The van der Waals surface area contributed by atoms with Crippen molar-refractivity contribution in [1.82, 2.24) is 0 Å². The SMILES string of the molecule is C=C(C(=O)c1cc2c(cc1C)OC(OC(=O)O)C2)C(C)C. The summed E-state index contributed by atoms with van der Waals surface area (Å²) in [5, 5.41) is 8.62. The van der Waals surface area contributed by atoms with Crippen LogP contribution in [0.25, 0.3) is 0 Å². The van der Waals surface area contributed by atoms with Gasteiger partial charge in [0.1, 0.15) is 5.75 Å². The minimum atomic E-state index is -1.38. The molecular formula is C16H18O5. The number of hydrogen-bond acceptors (Lipinski definition) is 4. The summed E-state index contributed by atoms with van der Waals surface area (Å²) in [4.78, 5) is 22.9. The van der Waals surface area contributed by atoms with Gasteiger partial charge in [0.25, 0.3) is 6.29 Å². The lowest BCUT2D eigenvalue weighted by Crippen LogP contribution is -2.20. The molecular weight excluding hydrogens is 272 g/mol. The molecule has 1 heterocycles. The van der Waals surface area contributed by atoms with Crippen LogP contribution >= 0.6 is 0 Å². The van der Waals surface area contributed by atoms with Gasteiger partial charge in [0.2, 0.25) is 0 Å². The van der Waals surface area contributed by atoms with Crippen molar-refractivity contribution in [3.8, 4) is 5.75 Å². The Bertz CT molecular complexity index is 615. The molecule has 1 aliphatic heterocycles. The molecule has 0 saturated carbocycles. The van der Waals surface area contributed by atoms with Gasteiger partial charge in [-0.05, 0) is 36.1 Å². The van der Waals surface area contributed by atoms with E-state index in [-0.39, 0.29) is 11.7 Å². The van der Waals surface area contributed by atoms with E-state index < -0.39 is 12.4 Å². The van der Waals surface area contributed by atoms with Crippen molar-refractivity contribution in [2.45, 2.75) is 33.5 Å². The first-order valence-electron chi connectivity index (χ1n) is 6.72. The highest BCUT2D eigenvalue weighted by molar-refractivity contribution is 6.09. The molecule has 1 aromatic carbocycles. The molecule has 0 radical (unpaired) electrons. The summed E-state index contributed by atoms with van der Waals surface area (Å²) in [5.41, 5.74) is 2.67. The predicted octanol–water partition coefficient (Wildman–Crippen LogP) is 3.35. The molecule has 0 amide bonds. The molecule has 0 fully saturated rings. The molecule has 1 atom stereocenters. The number of carboxylic acid groups (broad SMARTS) is 1. The molecule has 1 N–H and O–H groups in total. The third-order valence-corrected chi connectivity index (χ3v) is 3.52. The Kier molecular flexibility index (Phi) is 4.02. The van der Waals surface area contributed by atoms with Crippen LogP contribution in [0, 0.1) is 12.8 Å². The fourth-order valence-electron chi connectivity index (χ4n) is 2.22. The number of ether oxygens (including phenoxy) is 2. The van der Waals surface area contributed by atoms with Gasteiger partial charge in [-0.1, -0.05) is 20.4 Å². The molecule has 1 aromatic rings. The molecule has 5 nitrogen and oxygen atoms in total. The van der Waals surface area contributed by atoms with E-state index in [0.717, 1.165) is 11.1 Å². The molecule has 1 aliphatic rings. The van der Waals surface area contributed by atoms with Crippen molar-refractivity contribution in [1.29, 1.82) is 0 Å². The van der Waals surface area contributed by atoms with Gasteiger partial charge in [-0.3, -0.25) is 4.79 Å². The molecule has 112 valence electrons. The standard InChI is InChI=1S/C16H18O5/c1-8(2)10(4)15(17)12-6-11-7-14(21-16(18)19)20-13(11)5-9(12)3/h5-6,8,14H,4,7H2,1-3H3,(H,18,19). The second kappa shape index (κ2) is 5.60. The molecule has 0 aromatic heterocycles. The van der Waals surface area contributed by atoms with Gasteiger partial charge < -0.3 is 14.6 Å². The second-order valence-electron chi connectivity index (χ2n) is 5.42. The minimum absolute atomic E-state index is 0.0736. The third kappa shape index (κ3) is 3.07. The smallest absolute Gasteiger partial charge is 0.454 e. The van der Waals surface area contributed by atoms with E-state index in [1.54, 1.807) is 12.1 Å². The van der Waals surface area contributed by atoms with E-state index in [1.165, 1.54) is 0 Å². The number of ketones is 1. The average Bonchev–Trinajstić information content (AvgIpc) is 2.75. The quantitative estimate of drug-likeness (QED) is 0.523. The van der Waals surface area contributed by atoms with E-state index in [4.69, 9.17) is 9.84 Å². The van der Waals surface area contributed by atoms with Crippen molar-refractivity contribution < 1.29 is 24.2 Å². The van der Waals surface area contributed by atoms with E-state index in [2.05, 4.69) is 11.3 Å². The first-order chi connectivity index (χ1) is 9.79. The Morgan fingerprint density at radius 1 is 1.43 bits per heavy atom. The lowest BCUT2D eigenvalue weighted by atomic mass is 9.92. The van der Waals surface area contributed by atoms with E-state index in [1.807, 2.05) is 20.8 Å². The Hall–Kier alpha value is -2.30. The third-order valence-electron chi connectivity index (χ3n) is 3.52. The highest BCUT2D eigenvalue weighted by Gasteiger charge is 2.28. The summed E-state index contributed by atoms with van der Waals surface area (Å²) in [5.74, 6) is 0.544. The van der Waals surface area contributed by atoms with Crippen LogP contribution in [-0.4, -0.2) is 23.3 Å². The first-order valence-corrected chi connectivity index (χ1v) is 6.72. The summed E-state index contributed by atoms with van der Waals surface area (Å²) >= 11 is 0. The normalized spacial score (nSPS) is 16.3. The summed E-state index contributed by atoms with van der Waals surface area (Å²) in [6, 6.07) is 3.48. The van der Waals surface area contributed by atoms with E-state index in [9.17, 15) is 9.59 Å². The zero-order valence-electron chi connectivity index (χ0n) is 12.3. The van der Waals surface area contributed by atoms with E-state index >= 15 is 0 Å². The van der Waals surface area contributed by atoms with Crippen molar-refractivity contribution in [2.75, 3.05) is 0 Å². The zero-order valence-corrected chi connectivity index (χ0v) is 12.3. The highest BCUT2D eigenvalue weighted by Crippen LogP contribution is 2.33. The summed E-state index contributed by atoms with van der Waals surface area (Å²) in [6.07, 6.45) is -1.93. The second-order valence-corrected chi connectivity index (χ2v) is 5.42. The number of benzene rings is 1. The number of rotatable bonds is 4. The summed E-state index contributed by atoms with van der Waals surface area (Å²) in [6.45, 7) is 9.49. The lowest BCUT2D eigenvalue weighted by molar-refractivity contribution is -0.0394. The fraction of sp³-hybridized carbons (Fsp3) is 0.375. The van der Waals surface area contributed by atoms with Crippen LogP contribution in [0.2, 0.25) is 0 Å². The highest BCUT2D eigenvalue weighted by atomic mass is 16.8. The Balaban J connectivity index is 2.28. The van der Waals surface area contributed by atoms with Gasteiger partial charge in [0, 0.05) is 11.1 Å². The number of Topliss-reactive ketones (excluding diaryl/α,β-unsaturated/α-hetero) is 1. The molecule has 0 spiro atoms. The van der Waals surface area contributed by atoms with Crippen molar-refractivity contribution in [3.63, 3.8) is 0 Å². The fourth-order valence-corrected chi connectivity index (χ4v) is 2.22. The number of hydrogen-bond donors (Lipinski definition) is 1. The van der Waals surface area contributed by atoms with Gasteiger partial charge in [-0.15, -0.1) is 0 Å². The topological polar surface area (TPSA) is 72.8 Å². The predicted molar refractivity (Wildman–Crippen MR) is 76.7 cm³/mol. The molecule has 0 aliphatic carbocycles. The van der Waals surface area contributed by atoms with Crippen molar-refractivity contribution >= 4 is 11.9 Å². The molecule has 0 bridgehead atoms. The number of carbonyl (C=O) groups excluding carboxylic acids is 1. The zero-order chi connectivity index (χ0) is 15.7. The number of aryl methyl sites for hydroxylation is 1. The molecule has 21 heavy (non-hydrogen) atoms. The van der Waals surface area contributed by atoms with Crippen LogP contribution in [0.1, 0.15) is 35.3 Å². The molecule has 5 heteroatoms. The van der Waals surface area contributed by atoms with Crippen LogP contribution in [-0.2, 0) is 11.2 Å². The van der Waals surface area contributed by atoms with Gasteiger partial charge >= 0.3 is 6.16 Å².